The first-order valence-electron chi connectivity index (χ1n) is 13.9. The number of alkyl halides is 3. The summed E-state index contributed by atoms with van der Waals surface area (Å²) in [6, 6.07) is 28.5. The van der Waals surface area contributed by atoms with Crippen molar-refractivity contribution in [3.05, 3.63) is 133 Å². The Morgan fingerprint density at radius 2 is 1.24 bits per heavy atom. The number of hydrogen-bond acceptors (Lipinski definition) is 5. The van der Waals surface area contributed by atoms with E-state index < -0.39 is 11.7 Å². The maximum atomic E-state index is 13.0. The number of hydrogen-bond donors (Lipinski definition) is 0. The molecule has 4 heterocycles. The van der Waals surface area contributed by atoms with Crippen LogP contribution in [0, 0.1) is 24.8 Å². The molecule has 0 aliphatic rings. The van der Waals surface area contributed by atoms with Gasteiger partial charge in [-0.25, -0.2) is 4.85 Å². The predicted molar refractivity (Wildman–Crippen MR) is 183 cm³/mol. The van der Waals surface area contributed by atoms with Gasteiger partial charge in [-0.3, -0.25) is 0 Å². The lowest BCUT2D eigenvalue weighted by Crippen LogP contribution is -2.03. The maximum absolute atomic E-state index is 13.0. The molecule has 2 nitrogen and oxygen atoms in total. The molecule has 7 rings (SSSR count). The van der Waals surface area contributed by atoms with Gasteiger partial charge in [0.15, 0.2) is 0 Å². The second kappa shape index (κ2) is 11.6. The van der Waals surface area contributed by atoms with Crippen molar-refractivity contribution in [3.8, 4) is 27.0 Å². The topological polar surface area (TPSA) is 28.1 Å². The van der Waals surface area contributed by atoms with Gasteiger partial charge in [-0.05, 0) is 77.4 Å². The lowest BCUT2D eigenvalue weighted by atomic mass is 10.1. The van der Waals surface area contributed by atoms with E-state index in [0.717, 1.165) is 59.5 Å². The Morgan fingerprint density at radius 3 is 1.80 bits per heavy atom. The van der Waals surface area contributed by atoms with Gasteiger partial charge in [0.25, 0.3) is 0 Å². The summed E-state index contributed by atoms with van der Waals surface area (Å²) in [5, 5.41) is 12.1. The summed E-state index contributed by atoms with van der Waals surface area (Å²) in [6.45, 7) is 9.74. The van der Waals surface area contributed by atoms with E-state index in [9.17, 15) is 18.4 Å². The molecule has 0 spiro atoms. The van der Waals surface area contributed by atoms with Crippen LogP contribution in [-0.4, -0.2) is 0 Å². The molecule has 4 aromatic heterocycles. The van der Waals surface area contributed by atoms with Gasteiger partial charge < -0.3 is 0 Å². The van der Waals surface area contributed by atoms with Crippen LogP contribution in [0.5, 0.6) is 0 Å². The first-order valence-corrected chi connectivity index (χ1v) is 17.2. The Kier molecular flexibility index (Phi) is 7.59. The molecule has 0 saturated heterocycles. The molecule has 0 aliphatic carbocycles. The van der Waals surface area contributed by atoms with E-state index in [0.29, 0.717) is 17.7 Å². The van der Waals surface area contributed by atoms with E-state index in [2.05, 4.69) is 66.4 Å². The van der Waals surface area contributed by atoms with Crippen molar-refractivity contribution in [3.63, 3.8) is 0 Å². The Hall–Kier alpha value is -4.25. The molecule has 0 unspecified atom stereocenters. The summed E-state index contributed by atoms with van der Waals surface area (Å²) in [5.74, 6) is 0. The summed E-state index contributed by atoms with van der Waals surface area (Å²) >= 11 is 6.59. The van der Waals surface area contributed by atoms with Gasteiger partial charge in [0.2, 0.25) is 5.69 Å². The van der Waals surface area contributed by atoms with Crippen molar-refractivity contribution in [1.29, 1.82) is 5.26 Å². The molecule has 9 heteroatoms. The fourth-order valence-electron chi connectivity index (χ4n) is 5.29. The zero-order valence-corrected chi connectivity index (χ0v) is 26.9. The summed E-state index contributed by atoms with van der Waals surface area (Å²) in [6.07, 6.45) is -3.06. The van der Waals surface area contributed by atoms with Crippen LogP contribution in [0.4, 0.5) is 18.9 Å². The fraction of sp³-hybridized carbons (Fsp3) is 0.111. The van der Waals surface area contributed by atoms with Gasteiger partial charge in [-0.15, -0.1) is 34.0 Å². The molecule has 45 heavy (non-hydrogen) atoms. The van der Waals surface area contributed by atoms with Crippen LogP contribution < -0.4 is 0 Å². The smallest absolute Gasteiger partial charge is 0.237 e. The van der Waals surface area contributed by atoms with Gasteiger partial charge in [0, 0.05) is 51.5 Å². The highest BCUT2D eigenvalue weighted by Crippen LogP contribution is 2.42. The quantitative estimate of drug-likeness (QED) is 0.162. The molecule has 0 atom stereocenters. The van der Waals surface area contributed by atoms with Gasteiger partial charge in [-0.1, -0.05) is 42.0 Å². The van der Waals surface area contributed by atoms with Gasteiger partial charge >= 0.3 is 6.18 Å². The van der Waals surface area contributed by atoms with Crippen molar-refractivity contribution >= 4 is 71.2 Å². The molecule has 0 radical (unpaired) electrons. The van der Waals surface area contributed by atoms with Crippen LogP contribution in [0.2, 0.25) is 0 Å². The molecule has 0 amide bonds. The highest BCUT2D eigenvalue weighted by atomic mass is 32.1. The van der Waals surface area contributed by atoms with E-state index in [1.807, 2.05) is 6.07 Å². The highest BCUT2D eigenvalue weighted by molar-refractivity contribution is 7.21. The third-order valence-electron chi connectivity index (χ3n) is 7.60. The molecule has 0 saturated carbocycles. The molecule has 0 N–H and O–H groups in total. The molecule has 0 bridgehead atoms. The van der Waals surface area contributed by atoms with Crippen LogP contribution in [-0.2, 0) is 19.0 Å². The zero-order valence-electron chi connectivity index (χ0n) is 23.7. The molecule has 0 aliphatic heterocycles. The second-order valence-corrected chi connectivity index (χ2v) is 15.3. The first-order chi connectivity index (χ1) is 21.7. The number of nitriles is 1. The zero-order chi connectivity index (χ0) is 31.3. The van der Waals surface area contributed by atoms with Gasteiger partial charge in [0.1, 0.15) is 6.07 Å². The Labute approximate surface area is 273 Å². The van der Waals surface area contributed by atoms with Crippen LogP contribution in [0.3, 0.4) is 0 Å². The minimum Gasteiger partial charge on any atom is -0.237 e. The number of halogens is 3. The van der Waals surface area contributed by atoms with E-state index in [1.54, 1.807) is 40.1 Å². The summed E-state index contributed by atoms with van der Waals surface area (Å²) in [7, 11) is 0. The summed E-state index contributed by atoms with van der Waals surface area (Å²) < 4.78 is 41.4. The first kappa shape index (κ1) is 29.5. The lowest BCUT2D eigenvalue weighted by Gasteiger charge is -2.06. The number of nitrogens with zero attached hydrogens (tertiary/aromatic N) is 2. The molecule has 3 aromatic carbocycles. The van der Waals surface area contributed by atoms with E-state index >= 15 is 0 Å². The number of fused-ring (bicyclic) bond motifs is 2. The minimum atomic E-state index is -4.38. The Morgan fingerprint density at radius 1 is 0.711 bits per heavy atom. The Bertz CT molecular complexity index is 2230. The normalized spacial score (nSPS) is 11.7. The van der Waals surface area contributed by atoms with Crippen molar-refractivity contribution in [2.24, 2.45) is 0 Å². The molecule has 220 valence electrons. The number of benzene rings is 3. The molecule has 7 aromatic rings. The van der Waals surface area contributed by atoms with Crippen LogP contribution in [0.15, 0.2) is 84.9 Å². The summed E-state index contributed by atoms with van der Waals surface area (Å²) in [5.41, 5.74) is 3.59. The van der Waals surface area contributed by atoms with Gasteiger partial charge in [0.05, 0.1) is 17.7 Å². The maximum Gasteiger partial charge on any atom is 0.416 e. The van der Waals surface area contributed by atoms with Gasteiger partial charge in [-0.2, -0.15) is 29.8 Å². The van der Waals surface area contributed by atoms with E-state index in [4.69, 9.17) is 6.57 Å². The number of aryl methyl sites for hydroxylation is 1. The second-order valence-electron chi connectivity index (χ2n) is 10.7. The third kappa shape index (κ3) is 5.93. The monoisotopic (exact) mass is 666 g/mol. The van der Waals surface area contributed by atoms with Crippen LogP contribution in [0.1, 0.15) is 36.2 Å². The largest absolute Gasteiger partial charge is 0.416 e. The Balaban J connectivity index is 1.12. The third-order valence-corrected chi connectivity index (χ3v) is 12.1. The average molecular weight is 667 g/mol. The van der Waals surface area contributed by atoms with Crippen molar-refractivity contribution < 1.29 is 13.2 Å². The fourth-order valence-corrected chi connectivity index (χ4v) is 9.95. The van der Waals surface area contributed by atoms with Crippen molar-refractivity contribution in [1.82, 2.24) is 0 Å². The summed E-state index contributed by atoms with van der Waals surface area (Å²) in [4.78, 5) is 9.93. The average Bonchev–Trinajstić information content (AvgIpc) is 3.80. The number of rotatable bonds is 6. The highest BCUT2D eigenvalue weighted by Gasteiger charge is 2.30. The van der Waals surface area contributed by atoms with Crippen LogP contribution in [0.25, 0.3) is 45.9 Å². The SMILES string of the molecule is [C-]#[N+]c1cc(-c2ccc(C(F)(F)F)cc2)sc1Cc1cc2cc3sc(Cc4sc(-c5ccc(C)cc5)cc4C#N)cc3cc2s1. The van der Waals surface area contributed by atoms with Crippen LogP contribution >= 0.6 is 45.3 Å². The van der Waals surface area contributed by atoms with Crippen molar-refractivity contribution in [2.45, 2.75) is 25.9 Å². The predicted octanol–water partition coefficient (Wildman–Crippen LogP) is 12.5. The molecular weight excluding hydrogens is 646 g/mol. The van der Waals surface area contributed by atoms with E-state index in [1.165, 1.54) is 48.7 Å². The molecule has 0 fully saturated rings. The number of thiophene rings is 4. The molecular formula is C36H21F3N2S4. The lowest BCUT2D eigenvalue weighted by molar-refractivity contribution is -0.137. The van der Waals surface area contributed by atoms with Crippen molar-refractivity contribution in [2.75, 3.05) is 0 Å². The minimum absolute atomic E-state index is 0.536. The van der Waals surface area contributed by atoms with E-state index in [-0.39, 0.29) is 0 Å². The standard InChI is InChI=1S/C36H21F3N2S4/c1-20-3-5-21(6-4-20)30-15-25(19-40)33(44-30)16-27-11-23-13-32-24(14-31(23)42-27)12-28(43-32)17-35-29(41-2)18-34(45-35)22-7-9-26(10-8-22)36(37,38)39/h3-15,18H,16-17H2,1H3.